The van der Waals surface area contributed by atoms with E-state index in [2.05, 4.69) is 99.0 Å². The molecule has 9 nitrogen and oxygen atoms in total. The molecule has 3 aliphatic rings. The molecule has 9 heteroatoms. The highest BCUT2D eigenvalue weighted by molar-refractivity contribution is 6.00. The lowest BCUT2D eigenvalue weighted by atomic mass is 9.83. The van der Waals surface area contributed by atoms with Gasteiger partial charge in [0.1, 0.15) is 18.3 Å². The topological polar surface area (TPSA) is 115 Å². The molecule has 0 spiro atoms. The lowest BCUT2D eigenvalue weighted by molar-refractivity contribution is 0.000208. The second-order valence-corrected chi connectivity index (χ2v) is 17.8. The van der Waals surface area contributed by atoms with Crippen LogP contribution < -0.4 is 16.0 Å². The summed E-state index contributed by atoms with van der Waals surface area (Å²) in [7, 11) is 0. The molecule has 3 saturated heterocycles. The maximum absolute atomic E-state index is 13.8. The third-order valence-electron chi connectivity index (χ3n) is 10.4. The molecule has 3 heterocycles. The van der Waals surface area contributed by atoms with Crippen LogP contribution in [0, 0.1) is 17.8 Å². The lowest BCUT2D eigenvalue weighted by Crippen LogP contribution is -2.56. The van der Waals surface area contributed by atoms with Crippen LogP contribution in [0.1, 0.15) is 153 Å². The van der Waals surface area contributed by atoms with Gasteiger partial charge in [-0.2, -0.15) is 0 Å². The smallest absolute Gasteiger partial charge is 0.338 e. The Kier molecular flexibility index (Phi) is 11.8. The number of piperidine rings is 3. The predicted molar refractivity (Wildman–Crippen MR) is 189 cm³/mol. The van der Waals surface area contributed by atoms with Crippen molar-refractivity contribution in [2.75, 3.05) is 0 Å². The van der Waals surface area contributed by atoms with Crippen LogP contribution in [-0.2, 0) is 14.2 Å². The van der Waals surface area contributed by atoms with Gasteiger partial charge in [0.2, 0.25) is 0 Å². The van der Waals surface area contributed by atoms with E-state index < -0.39 is 17.9 Å². The van der Waals surface area contributed by atoms with Gasteiger partial charge < -0.3 is 30.2 Å². The van der Waals surface area contributed by atoms with Crippen molar-refractivity contribution in [1.29, 1.82) is 0 Å². The minimum Gasteiger partial charge on any atom is -0.459 e. The van der Waals surface area contributed by atoms with E-state index in [1.54, 1.807) is 0 Å². The van der Waals surface area contributed by atoms with E-state index in [9.17, 15) is 14.4 Å². The Balaban J connectivity index is 1.61. The fourth-order valence-electron chi connectivity index (χ4n) is 7.89. The summed E-state index contributed by atoms with van der Waals surface area (Å²) in [6.07, 6.45) is 3.13. The number of hydrogen-bond donors (Lipinski definition) is 3. The molecule has 0 aromatic heterocycles. The summed E-state index contributed by atoms with van der Waals surface area (Å²) in [5.41, 5.74) is -0.177. The summed E-state index contributed by atoms with van der Waals surface area (Å²) in [5, 5.41) is 11.0. The molecule has 3 aliphatic heterocycles. The normalized spacial score (nSPS) is 29.8. The van der Waals surface area contributed by atoms with Crippen molar-refractivity contribution in [2.45, 2.75) is 175 Å². The SMILES string of the molecule is CC(C)C1CC(OC(=O)c2cc(C(=O)OC3CC(C(C)C)NC(C)(C)C3)cc(C(=O)OC3CC(C(C)C)NC(C)(C)C3)c2)CC(C)(C)N1. The van der Waals surface area contributed by atoms with Gasteiger partial charge in [0.25, 0.3) is 0 Å². The van der Waals surface area contributed by atoms with Crippen molar-refractivity contribution in [1.82, 2.24) is 16.0 Å². The van der Waals surface area contributed by atoms with Crippen LogP contribution >= 0.6 is 0 Å². The van der Waals surface area contributed by atoms with Gasteiger partial charge in [-0.15, -0.1) is 0 Å². The Morgan fingerprint density at radius 2 is 0.750 bits per heavy atom. The number of nitrogens with one attached hydrogen (secondary N) is 3. The number of carbonyl (C=O) groups excluding carboxylic acids is 3. The van der Waals surface area contributed by atoms with E-state index in [-0.39, 0.29) is 69.7 Å². The summed E-state index contributed by atoms with van der Waals surface area (Å²) in [4.78, 5) is 41.3. The number of ether oxygens (including phenoxy) is 3. The summed E-state index contributed by atoms with van der Waals surface area (Å²) in [5.74, 6) is -0.568. The van der Waals surface area contributed by atoms with E-state index in [1.807, 2.05) is 0 Å². The van der Waals surface area contributed by atoms with Crippen molar-refractivity contribution in [3.63, 3.8) is 0 Å². The molecule has 0 bridgehead atoms. The Hall–Kier alpha value is -2.49. The zero-order valence-corrected chi connectivity index (χ0v) is 31.6. The highest BCUT2D eigenvalue weighted by atomic mass is 16.6. The summed E-state index contributed by atoms with van der Waals surface area (Å²) >= 11 is 0. The Morgan fingerprint density at radius 1 is 0.521 bits per heavy atom. The van der Waals surface area contributed by atoms with E-state index in [1.165, 1.54) is 18.2 Å². The third-order valence-corrected chi connectivity index (χ3v) is 10.4. The van der Waals surface area contributed by atoms with E-state index in [0.29, 0.717) is 56.3 Å². The van der Waals surface area contributed by atoms with Crippen LogP contribution in [0.15, 0.2) is 18.2 Å². The Morgan fingerprint density at radius 3 is 0.958 bits per heavy atom. The lowest BCUT2D eigenvalue weighted by Gasteiger charge is -2.43. The molecule has 1 aromatic carbocycles. The first-order valence-corrected chi connectivity index (χ1v) is 18.2. The zero-order chi connectivity index (χ0) is 35.8. The standard InChI is InChI=1S/C39H63N3O6/c1-22(2)31-16-28(19-37(7,8)40-31)46-34(43)25-13-26(35(44)47-29-17-32(23(3)4)41-38(9,10)20-29)15-27(14-25)36(45)48-30-18-33(24(5)6)42-39(11,12)21-30/h13-15,22-24,28-33,40-42H,16-21H2,1-12H3. The van der Waals surface area contributed by atoms with Crippen LogP contribution in [-0.4, -0.2) is 71.0 Å². The molecule has 1 aromatic rings. The summed E-state index contributed by atoms with van der Waals surface area (Å²) in [6.45, 7) is 25.6. The molecule has 6 unspecified atom stereocenters. The van der Waals surface area contributed by atoms with Crippen molar-refractivity contribution >= 4 is 17.9 Å². The van der Waals surface area contributed by atoms with Gasteiger partial charge in [-0.3, -0.25) is 0 Å². The largest absolute Gasteiger partial charge is 0.459 e. The van der Waals surface area contributed by atoms with Crippen LogP contribution in [0.2, 0.25) is 0 Å². The van der Waals surface area contributed by atoms with Gasteiger partial charge in [0.05, 0.1) is 16.7 Å². The molecule has 6 atom stereocenters. The quantitative estimate of drug-likeness (QED) is 0.192. The van der Waals surface area contributed by atoms with Gasteiger partial charge >= 0.3 is 17.9 Å². The van der Waals surface area contributed by atoms with Crippen molar-refractivity contribution in [3.05, 3.63) is 34.9 Å². The maximum Gasteiger partial charge on any atom is 0.338 e. The monoisotopic (exact) mass is 669 g/mol. The van der Waals surface area contributed by atoms with Gasteiger partial charge in [0.15, 0.2) is 0 Å². The minimum atomic E-state index is -0.561. The summed E-state index contributed by atoms with van der Waals surface area (Å²) in [6, 6.07) is 5.11. The van der Waals surface area contributed by atoms with Gasteiger partial charge in [-0.1, -0.05) is 41.5 Å². The molecular weight excluding hydrogens is 606 g/mol. The molecule has 48 heavy (non-hydrogen) atoms. The van der Waals surface area contributed by atoms with E-state index in [0.717, 1.165) is 0 Å². The second-order valence-electron chi connectivity index (χ2n) is 17.8. The van der Waals surface area contributed by atoms with Crippen LogP contribution in [0.25, 0.3) is 0 Å². The molecule has 4 rings (SSSR count). The van der Waals surface area contributed by atoms with Gasteiger partial charge in [0, 0.05) is 73.3 Å². The molecule has 3 N–H and O–H groups in total. The first-order valence-electron chi connectivity index (χ1n) is 18.2. The van der Waals surface area contributed by atoms with E-state index >= 15 is 0 Å². The minimum absolute atomic E-state index is 0.144. The molecule has 0 saturated carbocycles. The number of esters is 3. The van der Waals surface area contributed by atoms with Crippen LogP contribution in [0.5, 0.6) is 0 Å². The Labute approximate surface area is 289 Å². The first kappa shape index (κ1) is 38.3. The molecule has 270 valence electrons. The molecule has 3 fully saturated rings. The number of carbonyl (C=O) groups is 3. The molecule has 0 radical (unpaired) electrons. The van der Waals surface area contributed by atoms with Gasteiger partial charge in [-0.25, -0.2) is 14.4 Å². The first-order chi connectivity index (χ1) is 22.1. The average molecular weight is 670 g/mol. The molecular formula is C39H63N3O6. The average Bonchev–Trinajstić information content (AvgIpc) is 2.94. The predicted octanol–water partition coefficient (Wildman–Crippen LogP) is 6.82. The Bertz CT molecular complexity index is 1150. The fourth-order valence-corrected chi connectivity index (χ4v) is 7.89. The number of rotatable bonds is 9. The zero-order valence-electron chi connectivity index (χ0n) is 31.6. The third kappa shape index (κ3) is 10.3. The highest BCUT2D eigenvalue weighted by Crippen LogP contribution is 2.32. The van der Waals surface area contributed by atoms with Crippen molar-refractivity contribution < 1.29 is 28.6 Å². The van der Waals surface area contributed by atoms with Gasteiger partial charge in [-0.05, 0) is 77.5 Å². The van der Waals surface area contributed by atoms with E-state index in [4.69, 9.17) is 14.2 Å². The number of hydrogen-bond acceptors (Lipinski definition) is 9. The fraction of sp³-hybridized carbons (Fsp3) is 0.769. The number of benzene rings is 1. The molecule has 0 amide bonds. The highest BCUT2D eigenvalue weighted by Gasteiger charge is 2.39. The van der Waals surface area contributed by atoms with Crippen molar-refractivity contribution in [2.24, 2.45) is 17.8 Å². The second kappa shape index (κ2) is 14.8. The van der Waals surface area contributed by atoms with Crippen LogP contribution in [0.4, 0.5) is 0 Å². The summed E-state index contributed by atoms with van der Waals surface area (Å²) < 4.78 is 18.3. The molecule has 0 aliphatic carbocycles. The van der Waals surface area contributed by atoms with Crippen molar-refractivity contribution in [3.8, 4) is 0 Å². The maximum atomic E-state index is 13.8. The van der Waals surface area contributed by atoms with Crippen LogP contribution in [0.3, 0.4) is 0 Å².